The third kappa shape index (κ3) is 3.91. The van der Waals surface area contributed by atoms with E-state index in [2.05, 4.69) is 20.8 Å². The lowest BCUT2D eigenvalue weighted by Crippen LogP contribution is -2.37. The fraction of sp³-hybridized carbons (Fsp3) is 0.308. The van der Waals surface area contributed by atoms with Crippen LogP contribution >= 0.6 is 15.9 Å². The average molecular weight is 344 g/mol. The van der Waals surface area contributed by atoms with Crippen molar-refractivity contribution in [3.8, 4) is 0 Å². The van der Waals surface area contributed by atoms with Crippen LogP contribution in [-0.4, -0.2) is 39.9 Å². The summed E-state index contributed by atoms with van der Waals surface area (Å²) in [6, 6.07) is 5.73. The minimum absolute atomic E-state index is 0.687. The molecule has 0 aromatic heterocycles. The van der Waals surface area contributed by atoms with Gasteiger partial charge in [0.05, 0.1) is 5.69 Å². The molecular formula is C13H14BrNO3S. The Labute approximate surface area is 122 Å². The molecule has 1 heterocycles. The van der Waals surface area contributed by atoms with Crippen molar-refractivity contribution in [1.82, 2.24) is 0 Å². The maximum Gasteiger partial charge on any atom is 0.328 e. The Kier molecular flexibility index (Phi) is 4.76. The number of carbonyl (C=O) groups is 1. The van der Waals surface area contributed by atoms with E-state index < -0.39 is 16.8 Å². The standard InChI is InChI=1S/C13H14BrNO3S/c14-11-9-10(2-4-13(16)17)1-3-12(11)15-5-7-19(18)8-6-15/h1-4,9H,5-8H2,(H,16,17)/b4-2+. The zero-order valence-electron chi connectivity index (χ0n) is 10.2. The van der Waals surface area contributed by atoms with Gasteiger partial charge in [0.1, 0.15) is 0 Å². The molecule has 1 saturated heterocycles. The Morgan fingerprint density at radius 1 is 1.37 bits per heavy atom. The van der Waals surface area contributed by atoms with Gasteiger partial charge in [-0.25, -0.2) is 4.79 Å². The Morgan fingerprint density at radius 3 is 2.63 bits per heavy atom. The number of anilines is 1. The molecular weight excluding hydrogens is 330 g/mol. The SMILES string of the molecule is O=C(O)/C=C/c1ccc(N2CCS(=O)CC2)c(Br)c1. The van der Waals surface area contributed by atoms with Crippen molar-refractivity contribution in [2.75, 3.05) is 29.5 Å². The quantitative estimate of drug-likeness (QED) is 0.854. The monoisotopic (exact) mass is 343 g/mol. The third-order valence-electron chi connectivity index (χ3n) is 2.91. The Bertz CT molecular complexity index is 535. The summed E-state index contributed by atoms with van der Waals surface area (Å²) in [4.78, 5) is 12.7. The predicted octanol–water partition coefficient (Wildman–Crippen LogP) is 2.12. The highest BCUT2D eigenvalue weighted by Crippen LogP contribution is 2.28. The first-order valence-electron chi connectivity index (χ1n) is 5.87. The molecule has 0 unspecified atom stereocenters. The molecule has 1 aromatic rings. The van der Waals surface area contributed by atoms with Crippen LogP contribution in [-0.2, 0) is 15.6 Å². The number of hydrogen-bond acceptors (Lipinski definition) is 3. The summed E-state index contributed by atoms with van der Waals surface area (Å²) in [6.07, 6.45) is 2.67. The van der Waals surface area contributed by atoms with E-state index in [4.69, 9.17) is 5.11 Å². The van der Waals surface area contributed by atoms with E-state index in [1.54, 1.807) is 6.08 Å². The third-order valence-corrected chi connectivity index (χ3v) is 4.82. The Hall–Kier alpha value is -1.14. The van der Waals surface area contributed by atoms with Gasteiger partial charge in [-0.3, -0.25) is 4.21 Å². The van der Waals surface area contributed by atoms with E-state index in [9.17, 15) is 9.00 Å². The summed E-state index contributed by atoms with van der Waals surface area (Å²) >= 11 is 3.51. The van der Waals surface area contributed by atoms with Gasteiger partial charge in [-0.15, -0.1) is 0 Å². The molecule has 0 aliphatic carbocycles. The van der Waals surface area contributed by atoms with Crippen molar-refractivity contribution in [3.63, 3.8) is 0 Å². The van der Waals surface area contributed by atoms with Gasteiger partial charge >= 0.3 is 5.97 Å². The molecule has 0 amide bonds. The molecule has 0 spiro atoms. The number of carboxylic acids is 1. The molecule has 6 heteroatoms. The highest BCUT2D eigenvalue weighted by atomic mass is 79.9. The smallest absolute Gasteiger partial charge is 0.328 e. The van der Waals surface area contributed by atoms with Crippen molar-refractivity contribution >= 4 is 44.5 Å². The maximum atomic E-state index is 11.3. The average Bonchev–Trinajstić information content (AvgIpc) is 2.38. The van der Waals surface area contributed by atoms with Gasteiger partial charge < -0.3 is 10.0 Å². The predicted molar refractivity (Wildman–Crippen MR) is 80.9 cm³/mol. The summed E-state index contributed by atoms with van der Waals surface area (Å²) in [6.45, 7) is 1.57. The molecule has 1 N–H and O–H groups in total. The van der Waals surface area contributed by atoms with E-state index in [-0.39, 0.29) is 0 Å². The van der Waals surface area contributed by atoms with Crippen molar-refractivity contribution in [2.45, 2.75) is 0 Å². The Morgan fingerprint density at radius 2 is 2.05 bits per heavy atom. The van der Waals surface area contributed by atoms with Gasteiger partial charge in [-0.2, -0.15) is 0 Å². The first-order valence-corrected chi connectivity index (χ1v) is 8.15. The molecule has 4 nitrogen and oxygen atoms in total. The van der Waals surface area contributed by atoms with Crippen LogP contribution in [0.5, 0.6) is 0 Å². The summed E-state index contributed by atoms with van der Waals surface area (Å²) in [5.41, 5.74) is 1.89. The lowest BCUT2D eigenvalue weighted by molar-refractivity contribution is -0.131. The molecule has 0 saturated carbocycles. The molecule has 1 fully saturated rings. The molecule has 102 valence electrons. The second-order valence-corrected chi connectivity index (χ2v) is 6.77. The van der Waals surface area contributed by atoms with Crippen LogP contribution in [0.3, 0.4) is 0 Å². The molecule has 1 aromatic carbocycles. The lowest BCUT2D eigenvalue weighted by atomic mass is 10.2. The van der Waals surface area contributed by atoms with Crippen molar-refractivity contribution < 1.29 is 14.1 Å². The largest absolute Gasteiger partial charge is 0.478 e. The van der Waals surface area contributed by atoms with Crippen molar-refractivity contribution in [2.24, 2.45) is 0 Å². The van der Waals surface area contributed by atoms with E-state index in [1.807, 2.05) is 18.2 Å². The van der Waals surface area contributed by atoms with Crippen LogP contribution in [0, 0.1) is 0 Å². The normalized spacial score (nSPS) is 17.0. The summed E-state index contributed by atoms with van der Waals surface area (Å²) in [5, 5.41) is 8.59. The van der Waals surface area contributed by atoms with Crippen molar-refractivity contribution in [1.29, 1.82) is 0 Å². The summed E-state index contributed by atoms with van der Waals surface area (Å²) in [7, 11) is -0.687. The van der Waals surface area contributed by atoms with Crippen LogP contribution < -0.4 is 4.90 Å². The fourth-order valence-electron chi connectivity index (χ4n) is 1.93. The zero-order chi connectivity index (χ0) is 13.8. The second kappa shape index (κ2) is 6.34. The number of hydrogen-bond donors (Lipinski definition) is 1. The van der Waals surface area contributed by atoms with Crippen LogP contribution in [0.1, 0.15) is 5.56 Å². The van der Waals surface area contributed by atoms with Gasteiger partial charge in [0.2, 0.25) is 0 Å². The lowest BCUT2D eigenvalue weighted by Gasteiger charge is -2.29. The van der Waals surface area contributed by atoms with E-state index >= 15 is 0 Å². The highest BCUT2D eigenvalue weighted by molar-refractivity contribution is 9.10. The van der Waals surface area contributed by atoms with Crippen LogP contribution in [0.4, 0.5) is 5.69 Å². The first kappa shape index (κ1) is 14.3. The van der Waals surface area contributed by atoms with Gasteiger partial charge in [0, 0.05) is 45.9 Å². The summed E-state index contributed by atoms with van der Waals surface area (Å²) < 4.78 is 12.3. The van der Waals surface area contributed by atoms with Crippen LogP contribution in [0.15, 0.2) is 28.7 Å². The number of halogens is 1. The Balaban J connectivity index is 2.15. The second-order valence-electron chi connectivity index (χ2n) is 4.22. The zero-order valence-corrected chi connectivity index (χ0v) is 12.6. The van der Waals surface area contributed by atoms with Gasteiger partial charge in [-0.1, -0.05) is 6.07 Å². The van der Waals surface area contributed by atoms with Gasteiger partial charge in [0.15, 0.2) is 0 Å². The fourth-order valence-corrected chi connectivity index (χ4v) is 3.63. The highest BCUT2D eigenvalue weighted by Gasteiger charge is 2.17. The molecule has 2 rings (SSSR count). The van der Waals surface area contributed by atoms with Gasteiger partial charge in [0.25, 0.3) is 0 Å². The molecule has 1 aliphatic rings. The molecule has 0 radical (unpaired) electrons. The van der Waals surface area contributed by atoms with Crippen LogP contribution in [0.25, 0.3) is 6.08 Å². The summed E-state index contributed by atoms with van der Waals surface area (Å²) in [5.74, 6) is 0.443. The topological polar surface area (TPSA) is 57.6 Å². The van der Waals surface area contributed by atoms with E-state index in [0.717, 1.165) is 34.9 Å². The number of aliphatic carboxylic acids is 1. The van der Waals surface area contributed by atoms with Crippen molar-refractivity contribution in [3.05, 3.63) is 34.3 Å². The number of nitrogens with zero attached hydrogens (tertiary/aromatic N) is 1. The molecule has 1 aliphatic heterocycles. The maximum absolute atomic E-state index is 11.3. The van der Waals surface area contributed by atoms with E-state index in [0.29, 0.717) is 11.5 Å². The number of rotatable bonds is 3. The molecule has 0 bridgehead atoms. The molecule has 19 heavy (non-hydrogen) atoms. The van der Waals surface area contributed by atoms with E-state index in [1.165, 1.54) is 0 Å². The minimum Gasteiger partial charge on any atom is -0.478 e. The van der Waals surface area contributed by atoms with Gasteiger partial charge in [-0.05, 0) is 39.7 Å². The number of carboxylic acid groups (broad SMARTS) is 1. The molecule has 0 atom stereocenters. The van der Waals surface area contributed by atoms with Crippen LogP contribution in [0.2, 0.25) is 0 Å². The number of benzene rings is 1. The first-order chi connectivity index (χ1) is 9.06. The minimum atomic E-state index is -0.960.